The van der Waals surface area contributed by atoms with Gasteiger partial charge in [-0.3, -0.25) is 10.1 Å². The fourth-order valence-corrected chi connectivity index (χ4v) is 3.44. The highest BCUT2D eigenvalue weighted by Crippen LogP contribution is 2.35. The Hall–Kier alpha value is -1.99. The molecule has 0 amide bonds. The van der Waals surface area contributed by atoms with Crippen LogP contribution in [0.15, 0.2) is 40.9 Å². The molecule has 1 heterocycles. The maximum absolute atomic E-state index is 10.7. The van der Waals surface area contributed by atoms with Crippen molar-refractivity contribution in [1.29, 1.82) is 0 Å². The number of aromatic nitrogens is 1. The number of anilines is 1. The Labute approximate surface area is 126 Å². The number of non-ortho nitro benzene ring substituents is 1. The number of benzene rings is 2. The Kier molecular flexibility index (Phi) is 3.15. The number of hydrogen-bond acceptors (Lipinski definition) is 5. The van der Waals surface area contributed by atoms with Crippen LogP contribution in [-0.4, -0.2) is 9.91 Å². The van der Waals surface area contributed by atoms with Crippen molar-refractivity contribution < 1.29 is 4.92 Å². The molecule has 0 atom stereocenters. The molecular formula is C13H8BrN3O2S. The molecule has 0 saturated heterocycles. The van der Waals surface area contributed by atoms with Gasteiger partial charge in [-0.2, -0.15) is 0 Å². The quantitative estimate of drug-likeness (QED) is 0.426. The number of nitrogen functional groups attached to an aromatic ring is 1. The van der Waals surface area contributed by atoms with Crippen molar-refractivity contribution in [3.8, 4) is 10.6 Å². The highest BCUT2D eigenvalue weighted by atomic mass is 79.9. The fourth-order valence-electron chi connectivity index (χ4n) is 1.87. The average molecular weight is 350 g/mol. The van der Waals surface area contributed by atoms with E-state index in [4.69, 9.17) is 5.73 Å². The van der Waals surface area contributed by atoms with E-state index in [0.29, 0.717) is 11.3 Å². The van der Waals surface area contributed by atoms with E-state index < -0.39 is 4.92 Å². The van der Waals surface area contributed by atoms with E-state index in [2.05, 4.69) is 20.9 Å². The lowest BCUT2D eigenvalue weighted by molar-refractivity contribution is -0.384. The Balaban J connectivity index is 2.13. The minimum atomic E-state index is -0.463. The van der Waals surface area contributed by atoms with E-state index >= 15 is 0 Å². The van der Waals surface area contributed by atoms with Crippen LogP contribution in [0.3, 0.4) is 0 Å². The lowest BCUT2D eigenvalue weighted by atomic mass is 10.1. The van der Waals surface area contributed by atoms with Crippen molar-refractivity contribution >= 4 is 48.9 Å². The summed E-state index contributed by atoms with van der Waals surface area (Å²) in [5.74, 6) is 0. The topological polar surface area (TPSA) is 82.0 Å². The average Bonchev–Trinajstić information content (AvgIpc) is 2.80. The van der Waals surface area contributed by atoms with Crippen LogP contribution in [0.4, 0.5) is 11.4 Å². The van der Waals surface area contributed by atoms with E-state index in [1.54, 1.807) is 6.07 Å². The Bertz CT molecular complexity index is 832. The van der Waals surface area contributed by atoms with Crippen molar-refractivity contribution in [3.63, 3.8) is 0 Å². The first kappa shape index (κ1) is 13.0. The van der Waals surface area contributed by atoms with Crippen LogP contribution in [-0.2, 0) is 0 Å². The molecule has 20 heavy (non-hydrogen) atoms. The molecule has 7 heteroatoms. The number of hydrogen-bond donors (Lipinski definition) is 1. The van der Waals surface area contributed by atoms with E-state index in [0.717, 1.165) is 19.7 Å². The number of rotatable bonds is 2. The van der Waals surface area contributed by atoms with Crippen molar-refractivity contribution in [3.05, 3.63) is 51.0 Å². The first-order valence-corrected chi connectivity index (χ1v) is 7.26. The van der Waals surface area contributed by atoms with Gasteiger partial charge in [-0.1, -0.05) is 15.9 Å². The lowest BCUT2D eigenvalue weighted by Gasteiger charge is -2.01. The molecule has 0 spiro atoms. The van der Waals surface area contributed by atoms with Crippen molar-refractivity contribution in [2.75, 3.05) is 5.73 Å². The van der Waals surface area contributed by atoms with Crippen molar-refractivity contribution in [2.45, 2.75) is 0 Å². The molecule has 2 aromatic carbocycles. The Morgan fingerprint density at radius 2 is 2.05 bits per heavy atom. The molecule has 100 valence electrons. The second-order valence-electron chi connectivity index (χ2n) is 4.16. The molecule has 5 nitrogen and oxygen atoms in total. The van der Waals surface area contributed by atoms with Gasteiger partial charge in [0, 0.05) is 27.9 Å². The number of nitrogens with zero attached hydrogens (tertiary/aromatic N) is 2. The van der Waals surface area contributed by atoms with Crippen LogP contribution in [0.2, 0.25) is 0 Å². The van der Waals surface area contributed by atoms with E-state index in [-0.39, 0.29) is 5.69 Å². The minimum absolute atomic E-state index is 0.0184. The molecule has 0 bridgehead atoms. The summed E-state index contributed by atoms with van der Waals surface area (Å²) in [6.07, 6.45) is 0. The van der Waals surface area contributed by atoms with Crippen LogP contribution < -0.4 is 5.73 Å². The van der Waals surface area contributed by atoms with E-state index in [1.165, 1.54) is 23.5 Å². The normalized spacial score (nSPS) is 10.8. The number of halogens is 1. The van der Waals surface area contributed by atoms with Crippen LogP contribution in [0.1, 0.15) is 0 Å². The summed E-state index contributed by atoms with van der Waals surface area (Å²) in [5, 5.41) is 11.5. The molecule has 0 saturated carbocycles. The molecule has 0 fully saturated rings. The molecule has 0 aliphatic rings. The molecule has 1 aromatic heterocycles. The summed E-state index contributed by atoms with van der Waals surface area (Å²) >= 11 is 4.92. The molecule has 0 unspecified atom stereocenters. The van der Waals surface area contributed by atoms with E-state index in [9.17, 15) is 10.1 Å². The molecule has 0 aliphatic carbocycles. The van der Waals surface area contributed by atoms with Crippen LogP contribution in [0, 0.1) is 10.1 Å². The summed E-state index contributed by atoms with van der Waals surface area (Å²) < 4.78 is 2.02. The highest BCUT2D eigenvalue weighted by molar-refractivity contribution is 9.10. The van der Waals surface area contributed by atoms with Crippen LogP contribution >= 0.6 is 27.3 Å². The minimum Gasteiger partial charge on any atom is -0.398 e. The SMILES string of the molecule is Nc1cc([N+](=O)[O-])ccc1-c1nc2ccc(Br)cc2s1. The third kappa shape index (κ3) is 2.25. The maximum Gasteiger partial charge on any atom is 0.271 e. The highest BCUT2D eigenvalue weighted by Gasteiger charge is 2.13. The van der Waals surface area contributed by atoms with Crippen LogP contribution in [0.5, 0.6) is 0 Å². The van der Waals surface area contributed by atoms with Gasteiger partial charge in [-0.25, -0.2) is 4.98 Å². The summed E-state index contributed by atoms with van der Waals surface area (Å²) in [5.41, 5.74) is 7.83. The fraction of sp³-hybridized carbons (Fsp3) is 0. The van der Waals surface area contributed by atoms with Crippen molar-refractivity contribution in [1.82, 2.24) is 4.98 Å². The maximum atomic E-state index is 10.7. The van der Waals surface area contributed by atoms with Crippen molar-refractivity contribution in [2.24, 2.45) is 0 Å². The van der Waals surface area contributed by atoms with Gasteiger partial charge in [0.2, 0.25) is 0 Å². The Morgan fingerprint density at radius 1 is 1.25 bits per heavy atom. The third-order valence-corrected chi connectivity index (χ3v) is 4.37. The van der Waals surface area contributed by atoms with E-state index in [1.807, 2.05) is 18.2 Å². The number of fused-ring (bicyclic) bond motifs is 1. The first-order chi connectivity index (χ1) is 9.54. The van der Waals surface area contributed by atoms with Gasteiger partial charge in [-0.15, -0.1) is 11.3 Å². The molecule has 3 aromatic rings. The van der Waals surface area contributed by atoms with Gasteiger partial charge in [0.05, 0.1) is 15.1 Å². The number of nitro benzene ring substituents is 1. The monoisotopic (exact) mass is 349 g/mol. The first-order valence-electron chi connectivity index (χ1n) is 5.65. The van der Waals surface area contributed by atoms with Gasteiger partial charge in [0.15, 0.2) is 0 Å². The molecule has 3 rings (SSSR count). The largest absolute Gasteiger partial charge is 0.398 e. The Morgan fingerprint density at radius 3 is 2.75 bits per heavy atom. The van der Waals surface area contributed by atoms with Gasteiger partial charge >= 0.3 is 0 Å². The molecule has 0 aliphatic heterocycles. The summed E-state index contributed by atoms with van der Waals surface area (Å²) in [6, 6.07) is 10.3. The third-order valence-electron chi connectivity index (χ3n) is 2.83. The van der Waals surface area contributed by atoms with Gasteiger partial charge in [0.1, 0.15) is 5.01 Å². The standard InChI is InChI=1S/C13H8BrN3O2S/c14-7-1-4-11-12(5-7)20-13(16-11)9-3-2-8(17(18)19)6-10(9)15/h1-6H,15H2. The zero-order valence-electron chi connectivity index (χ0n) is 10.0. The zero-order valence-corrected chi connectivity index (χ0v) is 12.4. The summed E-state index contributed by atoms with van der Waals surface area (Å²) in [4.78, 5) is 14.8. The zero-order chi connectivity index (χ0) is 14.3. The second-order valence-corrected chi connectivity index (χ2v) is 6.11. The lowest BCUT2D eigenvalue weighted by Crippen LogP contribution is -1.93. The molecule has 0 radical (unpaired) electrons. The molecular weight excluding hydrogens is 342 g/mol. The predicted molar refractivity (Wildman–Crippen MR) is 83.8 cm³/mol. The summed E-state index contributed by atoms with van der Waals surface area (Å²) in [7, 11) is 0. The number of nitro groups is 1. The second kappa shape index (κ2) is 4.84. The van der Waals surface area contributed by atoms with Gasteiger partial charge in [0.25, 0.3) is 5.69 Å². The van der Waals surface area contributed by atoms with Gasteiger partial charge < -0.3 is 5.73 Å². The van der Waals surface area contributed by atoms with Gasteiger partial charge in [-0.05, 0) is 24.3 Å². The number of nitrogens with two attached hydrogens (primary N) is 1. The predicted octanol–water partition coefficient (Wildman–Crippen LogP) is 4.22. The summed E-state index contributed by atoms with van der Waals surface area (Å²) in [6.45, 7) is 0. The molecule has 2 N–H and O–H groups in total. The van der Waals surface area contributed by atoms with Crippen LogP contribution in [0.25, 0.3) is 20.8 Å². The smallest absolute Gasteiger partial charge is 0.271 e. The number of thiazole rings is 1.